The molecule has 0 unspecified atom stereocenters. The largest absolute Gasteiger partial charge is 0.375 e. The molecule has 0 atom stereocenters. The highest BCUT2D eigenvalue weighted by Crippen LogP contribution is 2.41. The minimum absolute atomic E-state index is 0.0240. The van der Waals surface area contributed by atoms with Crippen molar-refractivity contribution in [1.29, 1.82) is 0 Å². The summed E-state index contributed by atoms with van der Waals surface area (Å²) in [5, 5.41) is 12.1. The van der Waals surface area contributed by atoms with E-state index < -0.39 is 11.1 Å². The Kier molecular flexibility index (Phi) is 10.6. The fourth-order valence-electron chi connectivity index (χ4n) is 5.59. The monoisotopic (exact) mass is 615 g/mol. The average Bonchev–Trinajstić information content (AvgIpc) is 3.41. The molecule has 0 fully saturated rings. The molecule has 4 rings (SSSR count). The Hall–Kier alpha value is -3.85. The van der Waals surface area contributed by atoms with Crippen molar-refractivity contribution in [3.63, 3.8) is 0 Å². The molecule has 1 aliphatic rings. The number of fused-ring (bicyclic) bond motifs is 5. The van der Waals surface area contributed by atoms with Gasteiger partial charge in [-0.25, -0.2) is 4.68 Å². The van der Waals surface area contributed by atoms with E-state index in [1.807, 2.05) is 88.7 Å². The number of carbonyl (C=O) groups excluding carboxylic acids is 3. The van der Waals surface area contributed by atoms with Gasteiger partial charge in [0, 0.05) is 54.5 Å². The number of hydrogen-bond donors (Lipinski definition) is 1. The first-order valence-electron chi connectivity index (χ1n) is 16.1. The molecule has 9 heteroatoms. The van der Waals surface area contributed by atoms with Crippen molar-refractivity contribution in [2.75, 3.05) is 11.5 Å². The summed E-state index contributed by atoms with van der Waals surface area (Å²) < 4.78 is 8.04. The summed E-state index contributed by atoms with van der Waals surface area (Å²) >= 11 is 0. The van der Waals surface area contributed by atoms with E-state index in [0.717, 1.165) is 33.8 Å². The van der Waals surface area contributed by atoms with Crippen LogP contribution in [0.1, 0.15) is 99.1 Å². The zero-order valence-electron chi connectivity index (χ0n) is 28.1. The number of nitrogens with one attached hydrogen (secondary N) is 1. The first kappa shape index (κ1) is 34.0. The first-order chi connectivity index (χ1) is 21.2. The predicted molar refractivity (Wildman–Crippen MR) is 178 cm³/mol. The van der Waals surface area contributed by atoms with Gasteiger partial charge in [-0.05, 0) is 66.0 Å². The molecule has 0 radical (unpaired) electrons. The Bertz CT molecular complexity index is 1520. The number of Topliss-reactive ketones (excluding diaryl/α,β-unsaturated/α-hetero) is 1. The fourth-order valence-corrected chi connectivity index (χ4v) is 5.59. The number of ketones is 1. The lowest BCUT2D eigenvalue weighted by Gasteiger charge is -2.31. The average molecular weight is 616 g/mol. The maximum absolute atomic E-state index is 13.8. The highest BCUT2D eigenvalue weighted by atomic mass is 16.5. The number of nitrogens with zero attached hydrogens (tertiary/aromatic N) is 4. The van der Waals surface area contributed by atoms with Gasteiger partial charge in [-0.15, -0.1) is 5.10 Å². The molecule has 2 aromatic carbocycles. The Morgan fingerprint density at radius 3 is 2.24 bits per heavy atom. The van der Waals surface area contributed by atoms with Crippen molar-refractivity contribution in [2.24, 2.45) is 5.92 Å². The minimum Gasteiger partial charge on any atom is -0.375 e. The third-order valence-electron chi connectivity index (χ3n) is 8.42. The molecule has 1 aromatic heterocycles. The van der Waals surface area contributed by atoms with Crippen LogP contribution in [0.25, 0.3) is 22.5 Å². The van der Waals surface area contributed by atoms with Gasteiger partial charge in [0.25, 0.3) is 0 Å². The maximum Gasteiger partial charge on any atom is 0.227 e. The lowest BCUT2D eigenvalue weighted by molar-refractivity contribution is -0.127. The number of anilines is 1. The van der Waals surface area contributed by atoms with E-state index in [0.29, 0.717) is 32.4 Å². The van der Waals surface area contributed by atoms with Crippen LogP contribution in [0.15, 0.2) is 48.5 Å². The van der Waals surface area contributed by atoms with Crippen LogP contribution in [0.3, 0.4) is 0 Å². The van der Waals surface area contributed by atoms with Crippen LogP contribution in [0.5, 0.6) is 0 Å². The van der Waals surface area contributed by atoms with Gasteiger partial charge in [-0.2, -0.15) is 0 Å². The van der Waals surface area contributed by atoms with Crippen LogP contribution in [0.2, 0.25) is 0 Å². The first-order valence-corrected chi connectivity index (χ1v) is 16.1. The molecule has 0 saturated carbocycles. The van der Waals surface area contributed by atoms with Gasteiger partial charge in [0.05, 0.1) is 23.5 Å². The van der Waals surface area contributed by atoms with Gasteiger partial charge in [0.1, 0.15) is 11.5 Å². The van der Waals surface area contributed by atoms with E-state index >= 15 is 0 Å². The smallest absolute Gasteiger partial charge is 0.227 e. The number of carbonyl (C=O) groups is 3. The lowest BCUT2D eigenvalue weighted by atomic mass is 9.95. The van der Waals surface area contributed by atoms with Crippen molar-refractivity contribution in [1.82, 2.24) is 20.3 Å². The standard InChI is InChI=1S/C36H49N5O4/c1-24(2)30(42)19-20-36(7,8)45-22-21-35(5,6)37-31(43)17-18-32(44)40-23-26-13-9-10-14-27(26)34-33(38-39-41(34)25(3)4)28-15-11-12-16-29(28)40/h9-16,24-25H,17-23H2,1-8H3,(H,37,43). The van der Waals surface area contributed by atoms with E-state index in [1.54, 1.807) is 4.90 Å². The third kappa shape index (κ3) is 8.45. The van der Waals surface area contributed by atoms with Gasteiger partial charge < -0.3 is 15.0 Å². The van der Waals surface area contributed by atoms with E-state index in [1.165, 1.54) is 0 Å². The topological polar surface area (TPSA) is 106 Å². The van der Waals surface area contributed by atoms with Crippen molar-refractivity contribution in [3.05, 3.63) is 54.1 Å². The Balaban J connectivity index is 1.42. The van der Waals surface area contributed by atoms with E-state index in [9.17, 15) is 14.4 Å². The second-order valence-corrected chi connectivity index (χ2v) is 13.9. The predicted octanol–water partition coefficient (Wildman–Crippen LogP) is 6.91. The molecule has 242 valence electrons. The van der Waals surface area contributed by atoms with Gasteiger partial charge in [-0.3, -0.25) is 14.4 Å². The molecule has 9 nitrogen and oxygen atoms in total. The zero-order chi connectivity index (χ0) is 32.9. The summed E-state index contributed by atoms with van der Waals surface area (Å²) in [6.07, 6.45) is 1.88. The second kappa shape index (κ2) is 14.1. The molecule has 1 N–H and O–H groups in total. The molecule has 1 aliphatic heterocycles. The maximum atomic E-state index is 13.8. The quantitative estimate of drug-likeness (QED) is 0.224. The molecule has 0 aliphatic carbocycles. The van der Waals surface area contributed by atoms with Crippen LogP contribution in [0, 0.1) is 5.92 Å². The van der Waals surface area contributed by atoms with Crippen LogP contribution < -0.4 is 10.2 Å². The van der Waals surface area contributed by atoms with Crippen LogP contribution in [-0.2, 0) is 25.7 Å². The molecule has 45 heavy (non-hydrogen) atoms. The Morgan fingerprint density at radius 2 is 1.56 bits per heavy atom. The second-order valence-electron chi connectivity index (χ2n) is 13.9. The summed E-state index contributed by atoms with van der Waals surface area (Å²) in [6, 6.07) is 15.9. The van der Waals surface area contributed by atoms with Gasteiger partial charge in [0.2, 0.25) is 11.8 Å². The van der Waals surface area contributed by atoms with Crippen LogP contribution in [-0.4, -0.2) is 50.3 Å². The van der Waals surface area contributed by atoms with Gasteiger partial charge >= 0.3 is 0 Å². The summed E-state index contributed by atoms with van der Waals surface area (Å²) in [4.78, 5) is 40.7. The third-order valence-corrected chi connectivity index (χ3v) is 8.42. The van der Waals surface area contributed by atoms with Crippen molar-refractivity contribution in [3.8, 4) is 22.5 Å². The molecule has 0 saturated heterocycles. The Morgan fingerprint density at radius 1 is 0.889 bits per heavy atom. The summed E-state index contributed by atoms with van der Waals surface area (Å²) in [5.41, 5.74) is 4.31. The van der Waals surface area contributed by atoms with Crippen molar-refractivity contribution >= 4 is 23.3 Å². The van der Waals surface area contributed by atoms with Crippen molar-refractivity contribution in [2.45, 2.75) is 111 Å². The molecular formula is C36H49N5O4. The number of amides is 2. The number of para-hydroxylation sites is 1. The molecular weight excluding hydrogens is 566 g/mol. The van der Waals surface area contributed by atoms with Crippen molar-refractivity contribution < 1.29 is 19.1 Å². The molecule has 0 spiro atoms. The number of rotatable bonds is 13. The highest BCUT2D eigenvalue weighted by Gasteiger charge is 2.30. The van der Waals surface area contributed by atoms with E-state index in [2.05, 4.69) is 35.5 Å². The number of benzene rings is 2. The van der Waals surface area contributed by atoms with Crippen LogP contribution in [0.4, 0.5) is 5.69 Å². The van der Waals surface area contributed by atoms with E-state index in [-0.39, 0.29) is 42.4 Å². The van der Waals surface area contributed by atoms with E-state index in [4.69, 9.17) is 4.74 Å². The molecule has 2 amide bonds. The highest BCUT2D eigenvalue weighted by molar-refractivity contribution is 6.01. The lowest BCUT2D eigenvalue weighted by Crippen LogP contribution is -2.45. The van der Waals surface area contributed by atoms with Gasteiger partial charge in [-0.1, -0.05) is 61.5 Å². The molecule has 2 heterocycles. The molecule has 3 aromatic rings. The summed E-state index contributed by atoms with van der Waals surface area (Å²) in [6.45, 7) is 16.7. The zero-order valence-corrected chi connectivity index (χ0v) is 28.1. The number of hydrogen-bond acceptors (Lipinski definition) is 6. The number of ether oxygens (including phenoxy) is 1. The SMILES string of the molecule is CC(C)C(=O)CCC(C)(C)OCCC(C)(C)NC(=O)CCC(=O)N1Cc2ccccc2-c2c(nnn2C(C)C)-c2ccccc21. The fraction of sp³-hybridized carbons (Fsp3) is 0.528. The minimum atomic E-state index is -0.519. The normalized spacial score (nSPS) is 13.2. The van der Waals surface area contributed by atoms with Crippen LogP contribution >= 0.6 is 0 Å². The summed E-state index contributed by atoms with van der Waals surface area (Å²) in [5.74, 6) is -0.0548. The molecule has 0 bridgehead atoms. The number of aromatic nitrogens is 3. The summed E-state index contributed by atoms with van der Waals surface area (Å²) in [7, 11) is 0. The Labute approximate surface area is 267 Å². The van der Waals surface area contributed by atoms with Gasteiger partial charge in [0.15, 0.2) is 0 Å².